The van der Waals surface area contributed by atoms with Crippen molar-refractivity contribution >= 4 is 16.7 Å². The molecule has 0 saturated heterocycles. The van der Waals surface area contributed by atoms with Gasteiger partial charge in [-0.25, -0.2) is 9.07 Å². The average molecular weight is 369 g/mol. The van der Waals surface area contributed by atoms with Gasteiger partial charge in [0.25, 0.3) is 5.56 Å². The molecular formula is C20H20FN3O3. The second-order valence-corrected chi connectivity index (χ2v) is 6.31. The summed E-state index contributed by atoms with van der Waals surface area (Å²) < 4.78 is 19.9. The number of aromatic nitrogens is 2. The molecule has 3 aromatic rings. The van der Waals surface area contributed by atoms with E-state index in [0.717, 1.165) is 5.39 Å². The van der Waals surface area contributed by atoms with Gasteiger partial charge in [0, 0.05) is 19.0 Å². The van der Waals surface area contributed by atoms with Crippen LogP contribution in [0.5, 0.6) is 5.75 Å². The maximum Gasteiger partial charge on any atom is 0.275 e. The molecule has 3 rings (SSSR count). The van der Waals surface area contributed by atoms with Crippen LogP contribution in [-0.2, 0) is 17.9 Å². The van der Waals surface area contributed by atoms with Crippen LogP contribution in [0.2, 0.25) is 0 Å². The van der Waals surface area contributed by atoms with E-state index in [1.54, 1.807) is 32.2 Å². The highest BCUT2D eigenvalue weighted by Gasteiger charge is 2.15. The van der Waals surface area contributed by atoms with Crippen LogP contribution in [0.1, 0.15) is 11.3 Å². The summed E-state index contributed by atoms with van der Waals surface area (Å²) in [5, 5.41) is 5.54. The van der Waals surface area contributed by atoms with Crippen molar-refractivity contribution < 1.29 is 13.9 Å². The van der Waals surface area contributed by atoms with Gasteiger partial charge in [0.2, 0.25) is 5.91 Å². The van der Waals surface area contributed by atoms with Gasteiger partial charge in [-0.3, -0.25) is 9.59 Å². The summed E-state index contributed by atoms with van der Waals surface area (Å²) >= 11 is 0. The standard InChI is InChI=1S/C20H20FN3O3/c1-13-15-6-4-5-7-16(15)20(26)24(22-13)12-19(25)23(2)11-14-8-9-18(27-3)17(21)10-14/h4-10H,11-12H2,1-3H3. The van der Waals surface area contributed by atoms with Gasteiger partial charge in [-0.05, 0) is 30.7 Å². The Hall–Kier alpha value is -3.22. The number of rotatable bonds is 5. The number of halogens is 1. The monoisotopic (exact) mass is 369 g/mol. The number of carbonyl (C=O) groups is 1. The van der Waals surface area contributed by atoms with Crippen LogP contribution in [0.3, 0.4) is 0 Å². The minimum Gasteiger partial charge on any atom is -0.494 e. The summed E-state index contributed by atoms with van der Waals surface area (Å²) in [5.74, 6) is -0.635. The second kappa shape index (κ2) is 7.57. The predicted octanol–water partition coefficient (Wildman–Crippen LogP) is 2.51. The Morgan fingerprint density at radius 1 is 1.22 bits per heavy atom. The molecule has 0 atom stereocenters. The van der Waals surface area contributed by atoms with Crippen molar-refractivity contribution in [1.29, 1.82) is 0 Å². The Kier molecular flexibility index (Phi) is 5.21. The molecule has 1 amide bonds. The first-order valence-corrected chi connectivity index (χ1v) is 8.43. The molecule has 140 valence electrons. The molecule has 0 fully saturated rings. The molecule has 6 nitrogen and oxygen atoms in total. The van der Waals surface area contributed by atoms with Gasteiger partial charge >= 0.3 is 0 Å². The molecule has 0 aliphatic rings. The van der Waals surface area contributed by atoms with Crippen molar-refractivity contribution in [3.63, 3.8) is 0 Å². The fourth-order valence-electron chi connectivity index (χ4n) is 2.93. The second-order valence-electron chi connectivity index (χ2n) is 6.31. The van der Waals surface area contributed by atoms with Crippen LogP contribution < -0.4 is 10.3 Å². The van der Waals surface area contributed by atoms with Crippen LogP contribution in [0.4, 0.5) is 4.39 Å². The molecule has 2 aromatic carbocycles. The first kappa shape index (κ1) is 18.6. The van der Waals surface area contributed by atoms with E-state index >= 15 is 0 Å². The summed E-state index contributed by atoms with van der Waals surface area (Å²) in [7, 11) is 2.99. The Balaban J connectivity index is 1.79. The molecule has 27 heavy (non-hydrogen) atoms. The number of carbonyl (C=O) groups excluding carboxylic acids is 1. The molecule has 0 bridgehead atoms. The lowest BCUT2D eigenvalue weighted by molar-refractivity contribution is -0.131. The quantitative estimate of drug-likeness (QED) is 0.693. The number of ether oxygens (including phenoxy) is 1. The van der Waals surface area contributed by atoms with Crippen LogP contribution >= 0.6 is 0 Å². The normalized spacial score (nSPS) is 10.8. The van der Waals surface area contributed by atoms with Gasteiger partial charge in [0.1, 0.15) is 6.54 Å². The van der Waals surface area contributed by atoms with Gasteiger partial charge in [-0.1, -0.05) is 24.3 Å². The van der Waals surface area contributed by atoms with Crippen LogP contribution in [0, 0.1) is 12.7 Å². The SMILES string of the molecule is COc1ccc(CN(C)C(=O)Cn2nc(C)c3ccccc3c2=O)cc1F. The van der Waals surface area contributed by atoms with E-state index in [0.29, 0.717) is 16.6 Å². The largest absolute Gasteiger partial charge is 0.494 e. The van der Waals surface area contributed by atoms with Crippen molar-refractivity contribution in [2.75, 3.05) is 14.2 Å². The van der Waals surface area contributed by atoms with E-state index in [9.17, 15) is 14.0 Å². The molecule has 7 heteroatoms. The molecule has 0 N–H and O–H groups in total. The van der Waals surface area contributed by atoms with E-state index in [-0.39, 0.29) is 30.3 Å². The number of fused-ring (bicyclic) bond motifs is 1. The molecule has 0 aliphatic heterocycles. The lowest BCUT2D eigenvalue weighted by Crippen LogP contribution is -2.35. The van der Waals surface area contributed by atoms with Crippen molar-refractivity contribution in [3.8, 4) is 5.75 Å². The molecular weight excluding hydrogens is 349 g/mol. The fourth-order valence-corrected chi connectivity index (χ4v) is 2.93. The van der Waals surface area contributed by atoms with E-state index in [1.807, 2.05) is 12.1 Å². The average Bonchev–Trinajstić information content (AvgIpc) is 2.66. The highest BCUT2D eigenvalue weighted by atomic mass is 19.1. The lowest BCUT2D eigenvalue weighted by Gasteiger charge is -2.18. The predicted molar refractivity (Wildman–Crippen MR) is 100 cm³/mol. The Labute approximate surface area is 155 Å². The van der Waals surface area contributed by atoms with Crippen molar-refractivity contribution in [2.24, 2.45) is 0 Å². The van der Waals surface area contributed by atoms with Crippen molar-refractivity contribution in [2.45, 2.75) is 20.0 Å². The highest BCUT2D eigenvalue weighted by Crippen LogP contribution is 2.18. The van der Waals surface area contributed by atoms with Crippen LogP contribution in [0.15, 0.2) is 47.3 Å². The smallest absolute Gasteiger partial charge is 0.275 e. The van der Waals surface area contributed by atoms with Gasteiger partial charge in [-0.2, -0.15) is 5.10 Å². The number of amides is 1. The Morgan fingerprint density at radius 2 is 1.93 bits per heavy atom. The molecule has 0 aliphatic carbocycles. The summed E-state index contributed by atoms with van der Waals surface area (Å²) in [6, 6.07) is 11.7. The molecule has 1 heterocycles. The zero-order valence-electron chi connectivity index (χ0n) is 15.4. The summed E-state index contributed by atoms with van der Waals surface area (Å²) in [5.41, 5.74) is 0.991. The first-order valence-electron chi connectivity index (χ1n) is 8.43. The zero-order chi connectivity index (χ0) is 19.6. The minimum atomic E-state index is -0.487. The molecule has 0 radical (unpaired) electrons. The third kappa shape index (κ3) is 3.81. The maximum absolute atomic E-state index is 13.8. The topological polar surface area (TPSA) is 64.4 Å². The summed E-state index contributed by atoms with van der Waals surface area (Å²) in [4.78, 5) is 26.5. The summed E-state index contributed by atoms with van der Waals surface area (Å²) in [6.07, 6.45) is 0. The number of hydrogen-bond acceptors (Lipinski definition) is 4. The van der Waals surface area contributed by atoms with Gasteiger partial charge in [-0.15, -0.1) is 0 Å². The van der Waals surface area contributed by atoms with Crippen LogP contribution in [0.25, 0.3) is 10.8 Å². The Morgan fingerprint density at radius 3 is 2.59 bits per heavy atom. The third-order valence-electron chi connectivity index (χ3n) is 4.40. The zero-order valence-corrected chi connectivity index (χ0v) is 15.4. The number of aryl methyl sites for hydroxylation is 1. The molecule has 1 aromatic heterocycles. The van der Waals surface area contributed by atoms with Gasteiger partial charge < -0.3 is 9.64 Å². The number of nitrogens with zero attached hydrogens (tertiary/aromatic N) is 3. The van der Waals surface area contributed by atoms with Gasteiger partial charge in [0.15, 0.2) is 11.6 Å². The Bertz CT molecular complexity index is 1060. The van der Waals surface area contributed by atoms with E-state index in [2.05, 4.69) is 5.10 Å². The van der Waals surface area contributed by atoms with Crippen molar-refractivity contribution in [3.05, 3.63) is 69.9 Å². The minimum absolute atomic E-state index is 0.148. The van der Waals surface area contributed by atoms with E-state index < -0.39 is 5.82 Å². The van der Waals surface area contributed by atoms with Crippen molar-refractivity contribution in [1.82, 2.24) is 14.7 Å². The number of hydrogen-bond donors (Lipinski definition) is 0. The summed E-state index contributed by atoms with van der Waals surface area (Å²) in [6.45, 7) is 1.83. The number of likely N-dealkylation sites (N-methyl/N-ethyl adjacent to an activating group) is 1. The van der Waals surface area contributed by atoms with Crippen LogP contribution in [-0.4, -0.2) is 34.7 Å². The van der Waals surface area contributed by atoms with E-state index in [4.69, 9.17) is 4.74 Å². The third-order valence-corrected chi connectivity index (χ3v) is 4.40. The van der Waals surface area contributed by atoms with E-state index in [1.165, 1.54) is 28.8 Å². The number of benzene rings is 2. The lowest BCUT2D eigenvalue weighted by atomic mass is 10.1. The number of methoxy groups -OCH3 is 1. The molecule has 0 unspecified atom stereocenters. The fraction of sp³-hybridized carbons (Fsp3) is 0.250. The maximum atomic E-state index is 13.8. The van der Waals surface area contributed by atoms with Gasteiger partial charge in [0.05, 0.1) is 18.2 Å². The molecule has 0 spiro atoms. The molecule has 0 saturated carbocycles. The highest BCUT2D eigenvalue weighted by molar-refractivity contribution is 5.83. The first-order chi connectivity index (χ1) is 12.9.